The Morgan fingerprint density at radius 1 is 0.415 bits per heavy atom. The van der Waals surface area contributed by atoms with Crippen molar-refractivity contribution in [2.75, 3.05) is 0 Å². The molecule has 0 saturated heterocycles. The maximum Gasteiger partial charge on any atom is 0.164 e. The fourth-order valence-corrected chi connectivity index (χ4v) is 10.5. The van der Waals surface area contributed by atoms with Gasteiger partial charge in [-0.1, -0.05) is 146 Å². The summed E-state index contributed by atoms with van der Waals surface area (Å²) in [7, 11) is 0. The minimum absolute atomic E-state index is 0.0926. The first-order valence-corrected chi connectivity index (χ1v) is 22.2. The minimum Gasteiger partial charge on any atom is -0.484 e. The average molecular weight is 832 g/mol. The SMILES string of the molecule is C1=C(c2nc(-c3ccccc3)nc(-c3ccc4c(c3)c3ccccc3n4-c3ccccc3)n2)C2Oc3ccccc3C2C=C1n1c2cc3ccccc3cc2c2ccc3ccccc3c21. The summed E-state index contributed by atoms with van der Waals surface area (Å²) >= 11 is 0. The molecular formula is C59H37N5O. The molecule has 1 aliphatic heterocycles. The molecule has 65 heavy (non-hydrogen) atoms. The fourth-order valence-electron chi connectivity index (χ4n) is 10.5. The molecule has 0 N–H and O–H groups in total. The van der Waals surface area contributed by atoms with Gasteiger partial charge in [0, 0.05) is 66.5 Å². The zero-order chi connectivity index (χ0) is 42.6. The zero-order valence-electron chi connectivity index (χ0n) is 35.0. The second kappa shape index (κ2) is 13.9. The molecule has 6 nitrogen and oxygen atoms in total. The lowest BCUT2D eigenvalue weighted by molar-refractivity contribution is 0.277. The highest BCUT2D eigenvalue weighted by Gasteiger charge is 2.40. The highest BCUT2D eigenvalue weighted by Crippen LogP contribution is 2.49. The monoisotopic (exact) mass is 831 g/mol. The third-order valence-electron chi connectivity index (χ3n) is 13.5. The second-order valence-electron chi connectivity index (χ2n) is 17.1. The Balaban J connectivity index is 1.03. The summed E-state index contributed by atoms with van der Waals surface area (Å²) in [4.78, 5) is 16.0. The number of aromatic nitrogens is 5. The summed E-state index contributed by atoms with van der Waals surface area (Å²) in [6.45, 7) is 0. The van der Waals surface area contributed by atoms with E-state index in [1.807, 2.05) is 24.3 Å². The molecule has 0 bridgehead atoms. The molecule has 14 rings (SSSR count). The van der Waals surface area contributed by atoms with E-state index in [0.717, 1.165) is 61.3 Å². The fraction of sp³-hybridized carbons (Fsp3) is 0.0339. The van der Waals surface area contributed by atoms with Crippen molar-refractivity contribution < 1.29 is 4.74 Å². The second-order valence-corrected chi connectivity index (χ2v) is 17.1. The van der Waals surface area contributed by atoms with Crippen LogP contribution in [0.1, 0.15) is 17.3 Å². The molecule has 304 valence electrons. The van der Waals surface area contributed by atoms with Crippen LogP contribution in [0.15, 0.2) is 212 Å². The third-order valence-corrected chi connectivity index (χ3v) is 13.5. The summed E-state index contributed by atoms with van der Waals surface area (Å²) in [5.74, 6) is 2.58. The van der Waals surface area contributed by atoms with E-state index in [-0.39, 0.29) is 12.0 Å². The Morgan fingerprint density at radius 2 is 1.06 bits per heavy atom. The smallest absolute Gasteiger partial charge is 0.164 e. The molecular weight excluding hydrogens is 795 g/mol. The Labute approximate surface area is 373 Å². The van der Waals surface area contributed by atoms with Crippen molar-refractivity contribution in [3.8, 4) is 34.2 Å². The van der Waals surface area contributed by atoms with Crippen molar-refractivity contribution in [2.24, 2.45) is 0 Å². The van der Waals surface area contributed by atoms with Gasteiger partial charge in [0.05, 0.1) is 22.1 Å². The van der Waals surface area contributed by atoms with E-state index in [9.17, 15) is 0 Å². The number of allylic oxidation sites excluding steroid dienone is 2. The van der Waals surface area contributed by atoms with E-state index < -0.39 is 0 Å². The van der Waals surface area contributed by atoms with Gasteiger partial charge in [0.25, 0.3) is 0 Å². The largest absolute Gasteiger partial charge is 0.484 e. The van der Waals surface area contributed by atoms with Gasteiger partial charge in [-0.05, 0) is 82.9 Å². The van der Waals surface area contributed by atoms with Crippen LogP contribution in [0.2, 0.25) is 0 Å². The highest BCUT2D eigenvalue weighted by atomic mass is 16.5. The molecule has 6 heteroatoms. The normalized spacial score (nSPS) is 15.7. The van der Waals surface area contributed by atoms with Crippen molar-refractivity contribution in [1.29, 1.82) is 0 Å². The van der Waals surface area contributed by atoms with Gasteiger partial charge in [-0.25, -0.2) is 15.0 Å². The Hall–Kier alpha value is -8.61. The van der Waals surface area contributed by atoms with Gasteiger partial charge in [-0.2, -0.15) is 0 Å². The number of rotatable bonds is 5. The Morgan fingerprint density at radius 3 is 1.91 bits per heavy atom. The summed E-state index contributed by atoms with van der Waals surface area (Å²) in [6.07, 6.45) is 4.31. The van der Waals surface area contributed by atoms with E-state index in [2.05, 4.69) is 197 Å². The van der Waals surface area contributed by atoms with Gasteiger partial charge < -0.3 is 13.9 Å². The van der Waals surface area contributed by atoms with E-state index in [0.29, 0.717) is 17.5 Å². The van der Waals surface area contributed by atoms with Crippen LogP contribution in [-0.4, -0.2) is 30.2 Å². The molecule has 2 atom stereocenters. The van der Waals surface area contributed by atoms with E-state index in [4.69, 9.17) is 19.7 Å². The van der Waals surface area contributed by atoms with Crippen LogP contribution in [0.4, 0.5) is 0 Å². The standard InChI is InChI=1S/C59H37N5O/c1-3-16-37(17-4-1)57-60-58(40-28-30-52-47(32-40)44-23-11-13-25-51(44)63(52)41-20-5-2-6-21-41)62-59(61-57)50-35-42(34-49-45-24-12-14-26-54(45)65-56(49)50)64-53-33-39-19-8-7-18-38(39)31-48(53)46-29-27-36-15-9-10-22-43(36)55(46)64/h1-35,49,56H. The number of hydrogen-bond acceptors (Lipinski definition) is 4. The highest BCUT2D eigenvalue weighted by molar-refractivity contribution is 6.21. The first-order chi connectivity index (χ1) is 32.2. The van der Waals surface area contributed by atoms with Gasteiger partial charge in [0.1, 0.15) is 11.9 Å². The molecule has 0 saturated carbocycles. The molecule has 3 aromatic heterocycles. The van der Waals surface area contributed by atoms with Crippen LogP contribution in [0.25, 0.3) is 105 Å². The maximum absolute atomic E-state index is 6.96. The first kappa shape index (κ1) is 35.9. The van der Waals surface area contributed by atoms with Crippen molar-refractivity contribution in [3.63, 3.8) is 0 Å². The number of hydrogen-bond donors (Lipinski definition) is 0. The van der Waals surface area contributed by atoms with Gasteiger partial charge in [0.2, 0.25) is 0 Å². The van der Waals surface area contributed by atoms with E-state index in [1.54, 1.807) is 0 Å². The summed E-state index contributed by atoms with van der Waals surface area (Å²) in [6, 6.07) is 71.0. The number of para-hydroxylation sites is 3. The molecule has 12 aromatic rings. The number of benzene rings is 9. The van der Waals surface area contributed by atoms with Crippen LogP contribution in [-0.2, 0) is 0 Å². The predicted molar refractivity (Wildman–Crippen MR) is 265 cm³/mol. The zero-order valence-corrected chi connectivity index (χ0v) is 35.0. The van der Waals surface area contributed by atoms with E-state index in [1.165, 1.54) is 43.2 Å². The predicted octanol–water partition coefficient (Wildman–Crippen LogP) is 14.2. The van der Waals surface area contributed by atoms with Crippen LogP contribution >= 0.6 is 0 Å². The lowest BCUT2D eigenvalue weighted by atomic mass is 9.85. The Bertz CT molecular complexity index is 3990. The van der Waals surface area contributed by atoms with Crippen molar-refractivity contribution in [2.45, 2.75) is 12.0 Å². The summed E-state index contributed by atoms with van der Waals surface area (Å²) < 4.78 is 11.8. The van der Waals surface area contributed by atoms with Gasteiger partial charge in [-0.3, -0.25) is 0 Å². The van der Waals surface area contributed by atoms with Crippen molar-refractivity contribution in [3.05, 3.63) is 224 Å². The van der Waals surface area contributed by atoms with E-state index >= 15 is 0 Å². The average Bonchev–Trinajstić information content (AvgIpc) is 4.03. The quantitative estimate of drug-likeness (QED) is 0.173. The van der Waals surface area contributed by atoms with Crippen molar-refractivity contribution >= 4 is 76.4 Å². The summed E-state index contributed by atoms with van der Waals surface area (Å²) in [5, 5.41) is 9.53. The van der Waals surface area contributed by atoms with Gasteiger partial charge in [0.15, 0.2) is 17.5 Å². The molecule has 9 aromatic carbocycles. The van der Waals surface area contributed by atoms with Crippen LogP contribution in [0.5, 0.6) is 5.75 Å². The van der Waals surface area contributed by atoms with Gasteiger partial charge in [-0.15, -0.1) is 0 Å². The van der Waals surface area contributed by atoms with Crippen LogP contribution in [0.3, 0.4) is 0 Å². The van der Waals surface area contributed by atoms with Crippen molar-refractivity contribution in [1.82, 2.24) is 24.1 Å². The maximum atomic E-state index is 6.96. The Kier molecular flexibility index (Phi) is 7.71. The van der Waals surface area contributed by atoms with Crippen LogP contribution in [0, 0.1) is 0 Å². The minimum atomic E-state index is -0.355. The molecule has 4 heterocycles. The molecule has 1 aliphatic carbocycles. The number of ether oxygens (including phenoxy) is 1. The molecule has 0 spiro atoms. The lowest BCUT2D eigenvalue weighted by Crippen LogP contribution is -2.25. The summed E-state index contributed by atoms with van der Waals surface area (Å²) in [5.41, 5.74) is 10.6. The number of nitrogens with zero attached hydrogens (tertiary/aromatic N) is 5. The number of fused-ring (bicyclic) bond motifs is 12. The topological polar surface area (TPSA) is 57.8 Å². The molecule has 2 unspecified atom stereocenters. The molecule has 2 aliphatic rings. The van der Waals surface area contributed by atoms with Gasteiger partial charge >= 0.3 is 0 Å². The molecule has 0 fully saturated rings. The first-order valence-electron chi connectivity index (χ1n) is 22.2. The molecule has 0 amide bonds. The molecule has 0 radical (unpaired) electrons. The third kappa shape index (κ3) is 5.50. The van der Waals surface area contributed by atoms with Crippen LogP contribution < -0.4 is 4.74 Å². The lowest BCUT2D eigenvalue weighted by Gasteiger charge is -2.26.